The van der Waals surface area contributed by atoms with E-state index in [1.807, 2.05) is 24.3 Å². The minimum Gasteiger partial charge on any atom is -0.493 e. The van der Waals surface area contributed by atoms with E-state index in [0.29, 0.717) is 12.2 Å². The smallest absolute Gasteiger partial charge is 0.253 e. The van der Waals surface area contributed by atoms with Gasteiger partial charge in [0.05, 0.1) is 30.1 Å². The van der Waals surface area contributed by atoms with Crippen LogP contribution in [0.5, 0.6) is 5.75 Å². The predicted molar refractivity (Wildman–Crippen MR) is 80.5 cm³/mol. The van der Waals surface area contributed by atoms with Crippen molar-refractivity contribution in [3.63, 3.8) is 0 Å². The highest BCUT2D eigenvalue weighted by atomic mass is 16.5. The van der Waals surface area contributed by atoms with E-state index in [4.69, 9.17) is 4.74 Å². The van der Waals surface area contributed by atoms with E-state index < -0.39 is 0 Å². The topological polar surface area (TPSA) is 63.2 Å². The van der Waals surface area contributed by atoms with Crippen molar-refractivity contribution in [1.29, 1.82) is 0 Å². The molecule has 1 unspecified atom stereocenters. The summed E-state index contributed by atoms with van der Waals surface area (Å²) in [6.45, 7) is 0.608. The Morgan fingerprint density at radius 3 is 3.05 bits per heavy atom. The molecule has 1 amide bonds. The number of fused-ring (bicyclic) bond motifs is 1. The molecule has 5 nitrogen and oxygen atoms in total. The number of rotatable bonds is 3. The number of hydrogen-bond donors (Lipinski definition) is 2. The third-order valence-electron chi connectivity index (χ3n) is 3.60. The largest absolute Gasteiger partial charge is 0.493 e. The van der Waals surface area contributed by atoms with Crippen molar-refractivity contribution in [2.24, 2.45) is 0 Å². The number of aromatic nitrogens is 1. The second-order valence-electron chi connectivity index (χ2n) is 4.87. The molecule has 0 saturated heterocycles. The van der Waals surface area contributed by atoms with E-state index in [1.165, 1.54) is 0 Å². The van der Waals surface area contributed by atoms with Crippen LogP contribution in [0.3, 0.4) is 0 Å². The van der Waals surface area contributed by atoms with Gasteiger partial charge in [-0.05, 0) is 12.1 Å². The third kappa shape index (κ3) is 2.67. The average molecular weight is 283 g/mol. The first-order valence-corrected chi connectivity index (χ1v) is 6.94. The molecular formula is C16H17N3O2. The van der Waals surface area contributed by atoms with Gasteiger partial charge in [-0.15, -0.1) is 0 Å². The lowest BCUT2D eigenvalue weighted by Gasteiger charge is -2.26. The number of carbonyl (C=O) groups excluding carboxylic acids is 1. The molecule has 0 saturated carbocycles. The van der Waals surface area contributed by atoms with Crippen LogP contribution in [-0.2, 0) is 0 Å². The Morgan fingerprint density at radius 2 is 2.19 bits per heavy atom. The number of nitrogens with zero attached hydrogens (tertiary/aromatic N) is 1. The number of anilines is 1. The summed E-state index contributed by atoms with van der Waals surface area (Å²) in [6.07, 6.45) is 4.03. The lowest BCUT2D eigenvalue weighted by molar-refractivity contribution is 0.0925. The van der Waals surface area contributed by atoms with Gasteiger partial charge in [0.15, 0.2) is 0 Å². The number of hydrogen-bond acceptors (Lipinski definition) is 4. The van der Waals surface area contributed by atoms with E-state index in [0.717, 1.165) is 23.4 Å². The van der Waals surface area contributed by atoms with Crippen molar-refractivity contribution in [1.82, 2.24) is 10.3 Å². The summed E-state index contributed by atoms with van der Waals surface area (Å²) in [5.41, 5.74) is 2.34. The van der Waals surface area contributed by atoms with Crippen molar-refractivity contribution in [2.75, 3.05) is 19.0 Å². The molecular weight excluding hydrogens is 266 g/mol. The molecule has 5 heteroatoms. The molecule has 2 heterocycles. The minimum absolute atomic E-state index is 0.0275. The van der Waals surface area contributed by atoms with Gasteiger partial charge in [0.2, 0.25) is 0 Å². The molecule has 1 atom stereocenters. The molecule has 0 fully saturated rings. The molecule has 1 aliphatic heterocycles. The number of benzene rings is 1. The van der Waals surface area contributed by atoms with Crippen LogP contribution in [0.4, 0.5) is 5.69 Å². The maximum atomic E-state index is 12.5. The van der Waals surface area contributed by atoms with Gasteiger partial charge in [-0.25, -0.2) is 0 Å². The van der Waals surface area contributed by atoms with E-state index in [9.17, 15) is 4.79 Å². The summed E-state index contributed by atoms with van der Waals surface area (Å²) in [6, 6.07) is 9.50. The average Bonchev–Trinajstić information content (AvgIpc) is 2.55. The van der Waals surface area contributed by atoms with Gasteiger partial charge in [0, 0.05) is 25.2 Å². The Bertz CT molecular complexity index is 657. The number of carbonyl (C=O) groups is 1. The normalized spacial score (nSPS) is 16.5. The van der Waals surface area contributed by atoms with Gasteiger partial charge in [0.1, 0.15) is 5.75 Å². The molecule has 1 aromatic heterocycles. The Morgan fingerprint density at radius 1 is 1.33 bits per heavy atom. The molecule has 0 spiro atoms. The van der Waals surface area contributed by atoms with Gasteiger partial charge in [-0.2, -0.15) is 0 Å². The minimum atomic E-state index is -0.108. The molecule has 1 aromatic carbocycles. The van der Waals surface area contributed by atoms with Crippen molar-refractivity contribution >= 4 is 11.6 Å². The first kappa shape index (κ1) is 13.4. The number of amides is 1. The van der Waals surface area contributed by atoms with Crippen LogP contribution < -0.4 is 15.4 Å². The SMILES string of the molecule is CNc1cnccc1C(=O)NC1CCOc2ccccc21. The number of para-hydroxylation sites is 1. The maximum absolute atomic E-state index is 12.5. The van der Waals surface area contributed by atoms with Crippen LogP contribution in [0, 0.1) is 0 Å². The fourth-order valence-corrected chi connectivity index (χ4v) is 2.52. The molecule has 0 aliphatic carbocycles. The highest BCUT2D eigenvalue weighted by molar-refractivity contribution is 5.99. The summed E-state index contributed by atoms with van der Waals surface area (Å²) in [7, 11) is 1.78. The monoisotopic (exact) mass is 283 g/mol. The molecule has 1 aliphatic rings. The molecule has 21 heavy (non-hydrogen) atoms. The number of ether oxygens (including phenoxy) is 1. The van der Waals surface area contributed by atoms with E-state index in [2.05, 4.69) is 15.6 Å². The summed E-state index contributed by atoms with van der Waals surface area (Å²) in [5, 5.41) is 6.06. The highest BCUT2D eigenvalue weighted by Gasteiger charge is 2.23. The lowest BCUT2D eigenvalue weighted by Crippen LogP contribution is -2.32. The van der Waals surface area contributed by atoms with Crippen LogP contribution >= 0.6 is 0 Å². The second-order valence-corrected chi connectivity index (χ2v) is 4.87. The number of nitrogens with one attached hydrogen (secondary N) is 2. The zero-order valence-corrected chi connectivity index (χ0v) is 11.8. The fraction of sp³-hybridized carbons (Fsp3) is 0.250. The Labute approximate surface area is 123 Å². The Hall–Kier alpha value is -2.56. The molecule has 2 N–H and O–H groups in total. The Balaban J connectivity index is 1.83. The molecule has 2 aromatic rings. The van der Waals surface area contributed by atoms with Crippen LogP contribution in [-0.4, -0.2) is 24.5 Å². The van der Waals surface area contributed by atoms with Gasteiger partial charge in [-0.1, -0.05) is 18.2 Å². The van der Waals surface area contributed by atoms with Gasteiger partial charge in [-0.3, -0.25) is 9.78 Å². The molecule has 108 valence electrons. The van der Waals surface area contributed by atoms with Gasteiger partial charge < -0.3 is 15.4 Å². The summed E-state index contributed by atoms with van der Waals surface area (Å²) in [5.74, 6) is 0.737. The quantitative estimate of drug-likeness (QED) is 0.908. The number of pyridine rings is 1. The van der Waals surface area contributed by atoms with Crippen LogP contribution in [0.15, 0.2) is 42.7 Å². The third-order valence-corrected chi connectivity index (χ3v) is 3.60. The van der Waals surface area contributed by atoms with Gasteiger partial charge in [0.25, 0.3) is 5.91 Å². The van der Waals surface area contributed by atoms with Crippen LogP contribution in [0.1, 0.15) is 28.4 Å². The maximum Gasteiger partial charge on any atom is 0.253 e. The summed E-state index contributed by atoms with van der Waals surface area (Å²) >= 11 is 0. The van der Waals surface area contributed by atoms with Crippen molar-refractivity contribution in [3.05, 3.63) is 53.9 Å². The van der Waals surface area contributed by atoms with E-state index in [1.54, 1.807) is 25.5 Å². The standard InChI is InChI=1S/C16H17N3O2/c1-17-14-10-18-8-6-12(14)16(20)19-13-7-9-21-15-5-3-2-4-11(13)15/h2-6,8,10,13,17H,7,9H2,1H3,(H,19,20). The molecule has 3 rings (SSSR count). The molecule has 0 radical (unpaired) electrons. The fourth-order valence-electron chi connectivity index (χ4n) is 2.52. The second kappa shape index (κ2) is 5.83. The zero-order valence-electron chi connectivity index (χ0n) is 11.8. The van der Waals surface area contributed by atoms with Crippen molar-refractivity contribution in [2.45, 2.75) is 12.5 Å². The Kier molecular flexibility index (Phi) is 3.73. The summed E-state index contributed by atoms with van der Waals surface area (Å²) in [4.78, 5) is 16.5. The van der Waals surface area contributed by atoms with Gasteiger partial charge >= 0.3 is 0 Å². The van der Waals surface area contributed by atoms with E-state index in [-0.39, 0.29) is 11.9 Å². The van der Waals surface area contributed by atoms with E-state index >= 15 is 0 Å². The van der Waals surface area contributed by atoms with Crippen LogP contribution in [0.25, 0.3) is 0 Å². The summed E-state index contributed by atoms with van der Waals surface area (Å²) < 4.78 is 5.61. The predicted octanol–water partition coefficient (Wildman–Crippen LogP) is 2.38. The van der Waals surface area contributed by atoms with Crippen molar-refractivity contribution in [3.8, 4) is 5.75 Å². The first-order valence-electron chi connectivity index (χ1n) is 6.94. The lowest BCUT2D eigenvalue weighted by atomic mass is 10.00. The van der Waals surface area contributed by atoms with Crippen LogP contribution in [0.2, 0.25) is 0 Å². The zero-order chi connectivity index (χ0) is 14.7. The highest BCUT2D eigenvalue weighted by Crippen LogP contribution is 2.31. The van der Waals surface area contributed by atoms with Crippen molar-refractivity contribution < 1.29 is 9.53 Å². The molecule has 0 bridgehead atoms. The first-order chi connectivity index (χ1) is 10.3.